The Morgan fingerprint density at radius 1 is 1.24 bits per heavy atom. The highest BCUT2D eigenvalue weighted by atomic mass is 35.5. The quantitative estimate of drug-likeness (QED) is 0.614. The number of rotatable bonds is 6. The molecule has 3 aromatic rings. The average molecular weight is 375 g/mol. The van der Waals surface area contributed by atoms with Gasteiger partial charge in [-0.1, -0.05) is 29.8 Å². The molecule has 8 heteroatoms. The van der Waals surface area contributed by atoms with Crippen molar-refractivity contribution in [2.45, 2.75) is 0 Å². The number of carbonyl (C=O) groups excluding carboxylic acids is 1. The van der Waals surface area contributed by atoms with Crippen LogP contribution in [0.5, 0.6) is 0 Å². The van der Waals surface area contributed by atoms with E-state index in [1.165, 1.54) is 11.3 Å². The number of aliphatic hydroxyl groups excluding tert-OH is 1. The Morgan fingerprint density at radius 3 is 2.80 bits per heavy atom. The van der Waals surface area contributed by atoms with Crippen molar-refractivity contribution in [3.8, 4) is 11.3 Å². The number of amides is 1. The second-order valence-corrected chi connectivity index (χ2v) is 6.32. The van der Waals surface area contributed by atoms with E-state index in [0.717, 1.165) is 11.3 Å². The van der Waals surface area contributed by atoms with E-state index in [2.05, 4.69) is 20.6 Å². The van der Waals surface area contributed by atoms with Crippen molar-refractivity contribution in [1.29, 1.82) is 0 Å². The van der Waals surface area contributed by atoms with Gasteiger partial charge in [-0.15, -0.1) is 11.3 Å². The number of aliphatic hydroxyl groups is 1. The first-order valence-electron chi connectivity index (χ1n) is 7.50. The summed E-state index contributed by atoms with van der Waals surface area (Å²) in [6, 6.07) is 10.8. The molecule has 0 aliphatic rings. The Hall–Kier alpha value is -2.48. The van der Waals surface area contributed by atoms with Crippen molar-refractivity contribution in [1.82, 2.24) is 9.97 Å². The normalized spacial score (nSPS) is 10.5. The van der Waals surface area contributed by atoms with Gasteiger partial charge in [0.25, 0.3) is 5.91 Å². The molecular formula is C17H15ClN4O2S. The minimum Gasteiger partial charge on any atom is -0.395 e. The zero-order chi connectivity index (χ0) is 17.6. The number of aromatic nitrogens is 2. The smallest absolute Gasteiger partial charge is 0.276 e. The van der Waals surface area contributed by atoms with Crippen LogP contribution in [-0.4, -0.2) is 34.1 Å². The molecule has 25 heavy (non-hydrogen) atoms. The molecule has 0 aliphatic heterocycles. The lowest BCUT2D eigenvalue weighted by atomic mass is 10.2. The minimum atomic E-state index is -0.339. The number of hydrogen-bond acceptors (Lipinski definition) is 6. The number of nitrogens with one attached hydrogen (secondary N) is 2. The highest BCUT2D eigenvalue weighted by molar-refractivity contribution is 7.14. The van der Waals surface area contributed by atoms with E-state index in [4.69, 9.17) is 16.7 Å². The third-order valence-electron chi connectivity index (χ3n) is 3.31. The number of anilines is 2. The molecule has 128 valence electrons. The van der Waals surface area contributed by atoms with Crippen molar-refractivity contribution in [3.63, 3.8) is 0 Å². The maximum atomic E-state index is 12.3. The van der Waals surface area contributed by atoms with E-state index in [1.54, 1.807) is 24.4 Å². The molecule has 0 saturated heterocycles. The van der Waals surface area contributed by atoms with Crippen LogP contribution in [0.15, 0.2) is 48.0 Å². The molecule has 0 bridgehead atoms. The zero-order valence-corrected chi connectivity index (χ0v) is 14.6. The van der Waals surface area contributed by atoms with Crippen LogP contribution in [-0.2, 0) is 0 Å². The molecular weight excluding hydrogens is 360 g/mol. The van der Waals surface area contributed by atoms with Crippen LogP contribution < -0.4 is 10.6 Å². The summed E-state index contributed by atoms with van der Waals surface area (Å²) in [7, 11) is 0. The highest BCUT2D eigenvalue weighted by Crippen LogP contribution is 2.30. The standard InChI is InChI=1S/C17H15ClN4O2S/c18-13-4-2-1-3-12(13)15-10-25-17(21-15)22-16(24)14-6-5-11(9-20-14)19-7-8-23/h1-6,9-10,19,23H,7-8H2,(H,21,22,24). The first kappa shape index (κ1) is 17.3. The molecule has 0 unspecified atom stereocenters. The molecule has 0 fully saturated rings. The van der Waals surface area contributed by atoms with E-state index < -0.39 is 0 Å². The summed E-state index contributed by atoms with van der Waals surface area (Å²) in [4.78, 5) is 20.8. The summed E-state index contributed by atoms with van der Waals surface area (Å²) in [5.74, 6) is -0.339. The second kappa shape index (κ2) is 8.06. The molecule has 1 aromatic carbocycles. The molecule has 3 rings (SSSR count). The van der Waals surface area contributed by atoms with Gasteiger partial charge < -0.3 is 10.4 Å². The fourth-order valence-electron chi connectivity index (χ4n) is 2.12. The van der Waals surface area contributed by atoms with Crippen LogP contribution in [0.2, 0.25) is 5.02 Å². The first-order valence-corrected chi connectivity index (χ1v) is 8.75. The van der Waals surface area contributed by atoms with Crippen molar-refractivity contribution < 1.29 is 9.90 Å². The van der Waals surface area contributed by atoms with Crippen LogP contribution in [0, 0.1) is 0 Å². The topological polar surface area (TPSA) is 87.1 Å². The molecule has 0 radical (unpaired) electrons. The van der Waals surface area contributed by atoms with Crippen LogP contribution in [0.1, 0.15) is 10.5 Å². The molecule has 3 N–H and O–H groups in total. The van der Waals surface area contributed by atoms with E-state index in [0.29, 0.717) is 22.4 Å². The number of carbonyl (C=O) groups is 1. The largest absolute Gasteiger partial charge is 0.395 e. The lowest BCUT2D eigenvalue weighted by Crippen LogP contribution is -2.14. The second-order valence-electron chi connectivity index (χ2n) is 5.05. The minimum absolute atomic E-state index is 0.0278. The highest BCUT2D eigenvalue weighted by Gasteiger charge is 2.12. The van der Waals surface area contributed by atoms with Crippen molar-refractivity contribution in [2.75, 3.05) is 23.8 Å². The predicted molar refractivity (Wildman–Crippen MR) is 100 cm³/mol. The lowest BCUT2D eigenvalue weighted by Gasteiger charge is -2.05. The van der Waals surface area contributed by atoms with E-state index in [9.17, 15) is 4.79 Å². The molecule has 2 heterocycles. The van der Waals surface area contributed by atoms with Crippen molar-refractivity contribution in [2.24, 2.45) is 0 Å². The Labute approximate surface area is 153 Å². The maximum absolute atomic E-state index is 12.3. The van der Waals surface area contributed by atoms with Gasteiger partial charge in [0.15, 0.2) is 5.13 Å². The summed E-state index contributed by atoms with van der Waals surface area (Å²) >= 11 is 7.49. The lowest BCUT2D eigenvalue weighted by molar-refractivity contribution is 0.102. The number of pyridine rings is 1. The van der Waals surface area contributed by atoms with Gasteiger partial charge in [0.1, 0.15) is 5.69 Å². The maximum Gasteiger partial charge on any atom is 0.276 e. The van der Waals surface area contributed by atoms with Crippen LogP contribution in [0.25, 0.3) is 11.3 Å². The molecule has 6 nitrogen and oxygen atoms in total. The number of thiazole rings is 1. The molecule has 2 aromatic heterocycles. The van der Waals surface area contributed by atoms with Gasteiger partial charge in [0.2, 0.25) is 0 Å². The van der Waals surface area contributed by atoms with Gasteiger partial charge >= 0.3 is 0 Å². The van der Waals surface area contributed by atoms with Crippen LogP contribution in [0.3, 0.4) is 0 Å². The molecule has 0 saturated carbocycles. The van der Waals surface area contributed by atoms with Gasteiger partial charge in [-0.25, -0.2) is 9.97 Å². The number of benzene rings is 1. The molecule has 0 atom stereocenters. The van der Waals surface area contributed by atoms with Crippen LogP contribution in [0.4, 0.5) is 10.8 Å². The van der Waals surface area contributed by atoms with E-state index in [1.807, 2.05) is 23.6 Å². The monoisotopic (exact) mass is 374 g/mol. The fourth-order valence-corrected chi connectivity index (χ4v) is 3.06. The Balaban J connectivity index is 1.68. The zero-order valence-electron chi connectivity index (χ0n) is 13.1. The molecule has 0 aliphatic carbocycles. The van der Waals surface area contributed by atoms with Gasteiger partial charge in [0, 0.05) is 22.5 Å². The van der Waals surface area contributed by atoms with Crippen LogP contribution >= 0.6 is 22.9 Å². The summed E-state index contributed by atoms with van der Waals surface area (Å²) in [6.07, 6.45) is 1.54. The predicted octanol–water partition coefficient (Wildman–Crippen LogP) is 3.52. The summed E-state index contributed by atoms with van der Waals surface area (Å²) in [6.45, 7) is 0.456. The summed E-state index contributed by atoms with van der Waals surface area (Å²) in [5, 5.41) is 17.4. The number of hydrogen-bond donors (Lipinski definition) is 3. The third kappa shape index (κ3) is 4.33. The van der Waals surface area contributed by atoms with E-state index >= 15 is 0 Å². The number of nitrogens with zero attached hydrogens (tertiary/aromatic N) is 2. The van der Waals surface area contributed by atoms with Crippen molar-refractivity contribution >= 4 is 39.7 Å². The number of halogens is 1. The molecule has 0 spiro atoms. The Bertz CT molecular complexity index is 867. The van der Waals surface area contributed by atoms with E-state index in [-0.39, 0.29) is 18.2 Å². The first-order chi connectivity index (χ1) is 12.2. The SMILES string of the molecule is O=C(Nc1nc(-c2ccccc2Cl)cs1)c1ccc(NCCO)cn1. The Kier molecular flexibility index (Phi) is 5.60. The summed E-state index contributed by atoms with van der Waals surface area (Å²) < 4.78 is 0. The Morgan fingerprint density at radius 2 is 2.08 bits per heavy atom. The fraction of sp³-hybridized carbons (Fsp3) is 0.118. The van der Waals surface area contributed by atoms with Gasteiger partial charge in [-0.05, 0) is 18.2 Å². The van der Waals surface area contributed by atoms with Gasteiger partial charge in [0.05, 0.1) is 24.2 Å². The van der Waals surface area contributed by atoms with Crippen molar-refractivity contribution in [3.05, 3.63) is 58.7 Å². The molecule has 1 amide bonds. The van der Waals surface area contributed by atoms with Gasteiger partial charge in [-0.2, -0.15) is 0 Å². The van der Waals surface area contributed by atoms with Gasteiger partial charge in [-0.3, -0.25) is 10.1 Å². The third-order valence-corrected chi connectivity index (χ3v) is 4.40. The summed E-state index contributed by atoms with van der Waals surface area (Å²) in [5.41, 5.74) is 2.55. The average Bonchev–Trinajstić information content (AvgIpc) is 3.09.